The average Bonchev–Trinajstić information content (AvgIpc) is 2.93. The van der Waals surface area contributed by atoms with Crippen LogP contribution in [0.1, 0.15) is 25.8 Å². The summed E-state index contributed by atoms with van der Waals surface area (Å²) in [5.41, 5.74) is -0.171. The Morgan fingerprint density at radius 3 is 2.39 bits per heavy atom. The number of fused-ring (bicyclic) bond motifs is 1. The maximum Gasteiger partial charge on any atom is 0.314 e. The van der Waals surface area contributed by atoms with Gasteiger partial charge in [-0.15, -0.1) is 0 Å². The van der Waals surface area contributed by atoms with Crippen molar-refractivity contribution in [3.8, 4) is 11.5 Å². The highest BCUT2D eigenvalue weighted by molar-refractivity contribution is 5.87. The van der Waals surface area contributed by atoms with E-state index in [1.54, 1.807) is 0 Å². The van der Waals surface area contributed by atoms with Crippen LogP contribution < -0.4 is 9.47 Å². The zero-order valence-electron chi connectivity index (χ0n) is 10.5. The maximum atomic E-state index is 11.6. The number of rotatable bonds is 2. The van der Waals surface area contributed by atoms with Crippen LogP contribution in [0.5, 0.6) is 11.5 Å². The van der Waals surface area contributed by atoms with Gasteiger partial charge < -0.3 is 14.6 Å². The third-order valence-corrected chi connectivity index (χ3v) is 4.14. The fourth-order valence-electron chi connectivity index (χ4n) is 2.91. The monoisotopic (exact) mass is 248 g/mol. The van der Waals surface area contributed by atoms with E-state index >= 15 is 0 Å². The summed E-state index contributed by atoms with van der Waals surface area (Å²) in [7, 11) is 0. The van der Waals surface area contributed by atoms with Gasteiger partial charge in [0.25, 0.3) is 0 Å². The highest BCUT2D eigenvalue weighted by Gasteiger charge is 2.67. The lowest BCUT2D eigenvalue weighted by Gasteiger charge is -2.22. The van der Waals surface area contributed by atoms with E-state index in [4.69, 9.17) is 9.47 Å². The lowest BCUT2D eigenvalue weighted by Crippen LogP contribution is -2.26. The summed E-state index contributed by atoms with van der Waals surface area (Å²) in [6.07, 6.45) is 0.662. The van der Waals surface area contributed by atoms with Crippen molar-refractivity contribution in [3.63, 3.8) is 0 Å². The van der Waals surface area contributed by atoms with Crippen molar-refractivity contribution in [2.75, 3.05) is 13.2 Å². The molecule has 1 fully saturated rings. The molecule has 1 N–H and O–H groups in total. The van der Waals surface area contributed by atoms with Crippen LogP contribution in [0.2, 0.25) is 0 Å². The molecule has 1 unspecified atom stereocenters. The Hall–Kier alpha value is -1.71. The van der Waals surface area contributed by atoms with Gasteiger partial charge in [-0.3, -0.25) is 4.79 Å². The van der Waals surface area contributed by atoms with Crippen LogP contribution in [0, 0.1) is 5.41 Å². The molecule has 1 saturated carbocycles. The van der Waals surface area contributed by atoms with E-state index in [0.29, 0.717) is 31.1 Å². The summed E-state index contributed by atoms with van der Waals surface area (Å²) in [5, 5.41) is 9.52. The van der Waals surface area contributed by atoms with Crippen LogP contribution in [0.25, 0.3) is 0 Å². The van der Waals surface area contributed by atoms with Crippen molar-refractivity contribution in [1.82, 2.24) is 0 Å². The second-order valence-electron chi connectivity index (χ2n) is 5.63. The Kier molecular flexibility index (Phi) is 2.15. The normalized spacial score (nSPS) is 27.7. The number of hydrogen-bond acceptors (Lipinski definition) is 3. The number of carboxylic acid groups (broad SMARTS) is 1. The van der Waals surface area contributed by atoms with Gasteiger partial charge in [-0.2, -0.15) is 0 Å². The molecule has 18 heavy (non-hydrogen) atoms. The molecule has 0 spiro atoms. The standard InChI is InChI=1S/C14H16O4/c1-13(2)8-14(13,12(15)16)9-3-4-10-11(7-9)18-6-5-17-10/h3-4,7H,5-6,8H2,1-2H3,(H,15,16). The molecule has 1 heterocycles. The Labute approximate surface area is 106 Å². The molecule has 0 radical (unpaired) electrons. The van der Waals surface area contributed by atoms with Gasteiger partial charge in [-0.25, -0.2) is 0 Å². The summed E-state index contributed by atoms with van der Waals surface area (Å²) in [4.78, 5) is 11.6. The zero-order chi connectivity index (χ0) is 13.0. The van der Waals surface area contributed by atoms with Gasteiger partial charge in [-0.05, 0) is 29.5 Å². The number of carboxylic acids is 1. The largest absolute Gasteiger partial charge is 0.486 e. The van der Waals surface area contributed by atoms with Gasteiger partial charge in [0.2, 0.25) is 0 Å². The van der Waals surface area contributed by atoms with Crippen LogP contribution >= 0.6 is 0 Å². The molecule has 96 valence electrons. The summed E-state index contributed by atoms with van der Waals surface area (Å²) in [5.74, 6) is 0.593. The topological polar surface area (TPSA) is 55.8 Å². The van der Waals surface area contributed by atoms with Crippen molar-refractivity contribution in [3.05, 3.63) is 23.8 Å². The minimum atomic E-state index is -0.775. The SMILES string of the molecule is CC1(C)CC1(C(=O)O)c1ccc2c(c1)OCCO2. The third-order valence-electron chi connectivity index (χ3n) is 4.14. The summed E-state index contributed by atoms with van der Waals surface area (Å²) >= 11 is 0. The third kappa shape index (κ3) is 1.35. The van der Waals surface area contributed by atoms with Crippen LogP contribution in [0.15, 0.2) is 18.2 Å². The minimum absolute atomic E-state index is 0.206. The molecule has 4 heteroatoms. The highest BCUT2D eigenvalue weighted by atomic mass is 16.6. The van der Waals surface area contributed by atoms with E-state index < -0.39 is 11.4 Å². The lowest BCUT2D eigenvalue weighted by molar-refractivity contribution is -0.141. The van der Waals surface area contributed by atoms with Crippen molar-refractivity contribution >= 4 is 5.97 Å². The molecule has 1 aromatic rings. The molecule has 0 bridgehead atoms. The molecule has 1 aromatic carbocycles. The first kappa shape index (κ1) is 11.4. The fourth-order valence-corrected chi connectivity index (χ4v) is 2.91. The second-order valence-corrected chi connectivity index (χ2v) is 5.63. The molecule has 1 aliphatic carbocycles. The first-order chi connectivity index (χ1) is 8.47. The van der Waals surface area contributed by atoms with E-state index in [0.717, 1.165) is 5.56 Å². The number of aliphatic carboxylic acids is 1. The summed E-state index contributed by atoms with van der Waals surface area (Å²) in [6, 6.07) is 5.47. The van der Waals surface area contributed by atoms with Crippen LogP contribution in [-0.4, -0.2) is 24.3 Å². The average molecular weight is 248 g/mol. The zero-order valence-corrected chi connectivity index (χ0v) is 10.5. The minimum Gasteiger partial charge on any atom is -0.486 e. The maximum absolute atomic E-state index is 11.6. The molecule has 0 aromatic heterocycles. The molecule has 2 aliphatic rings. The molecule has 1 atom stereocenters. The van der Waals surface area contributed by atoms with Crippen molar-refractivity contribution in [2.24, 2.45) is 5.41 Å². The Morgan fingerprint density at radius 2 is 1.83 bits per heavy atom. The number of carbonyl (C=O) groups is 1. The van der Waals surface area contributed by atoms with Crippen LogP contribution in [0.4, 0.5) is 0 Å². The fraction of sp³-hybridized carbons (Fsp3) is 0.500. The van der Waals surface area contributed by atoms with Gasteiger partial charge in [0.15, 0.2) is 11.5 Å². The molecular weight excluding hydrogens is 232 g/mol. The van der Waals surface area contributed by atoms with Crippen LogP contribution in [-0.2, 0) is 10.2 Å². The summed E-state index contributed by atoms with van der Waals surface area (Å²) in [6.45, 7) is 5.03. The van der Waals surface area contributed by atoms with Gasteiger partial charge in [-0.1, -0.05) is 19.9 Å². The first-order valence-corrected chi connectivity index (χ1v) is 6.11. The molecule has 0 amide bonds. The molecular formula is C14H16O4. The Morgan fingerprint density at radius 1 is 1.22 bits per heavy atom. The first-order valence-electron chi connectivity index (χ1n) is 6.11. The van der Waals surface area contributed by atoms with Gasteiger partial charge in [0.05, 0.1) is 5.41 Å². The number of ether oxygens (including phenoxy) is 2. The van der Waals surface area contributed by atoms with Crippen molar-refractivity contribution in [1.29, 1.82) is 0 Å². The second kappa shape index (κ2) is 3.40. The van der Waals surface area contributed by atoms with Crippen LogP contribution in [0.3, 0.4) is 0 Å². The van der Waals surface area contributed by atoms with E-state index in [9.17, 15) is 9.90 Å². The van der Waals surface area contributed by atoms with Gasteiger partial charge >= 0.3 is 5.97 Å². The van der Waals surface area contributed by atoms with E-state index in [1.807, 2.05) is 32.0 Å². The Bertz CT molecular complexity index is 521. The number of benzene rings is 1. The van der Waals surface area contributed by atoms with E-state index in [1.165, 1.54) is 0 Å². The quantitative estimate of drug-likeness (QED) is 0.871. The highest BCUT2D eigenvalue weighted by Crippen LogP contribution is 2.65. The predicted molar refractivity (Wildman–Crippen MR) is 65.1 cm³/mol. The van der Waals surface area contributed by atoms with Gasteiger partial charge in [0.1, 0.15) is 13.2 Å². The van der Waals surface area contributed by atoms with Crippen molar-refractivity contribution in [2.45, 2.75) is 25.7 Å². The predicted octanol–water partition coefficient (Wildman–Crippen LogP) is 2.21. The number of hydrogen-bond donors (Lipinski definition) is 1. The molecule has 3 rings (SSSR count). The molecule has 4 nitrogen and oxygen atoms in total. The summed E-state index contributed by atoms with van der Waals surface area (Å²) < 4.78 is 11.0. The van der Waals surface area contributed by atoms with E-state index in [-0.39, 0.29) is 5.41 Å². The molecule has 0 saturated heterocycles. The lowest BCUT2D eigenvalue weighted by atomic mass is 9.88. The van der Waals surface area contributed by atoms with E-state index in [2.05, 4.69) is 0 Å². The van der Waals surface area contributed by atoms with Crippen molar-refractivity contribution < 1.29 is 19.4 Å². The Balaban J connectivity index is 2.05. The smallest absolute Gasteiger partial charge is 0.314 e. The molecule has 1 aliphatic heterocycles. The van der Waals surface area contributed by atoms with Gasteiger partial charge in [0, 0.05) is 0 Å².